The largest absolute Gasteiger partial charge is 0.357 e. The molecule has 1 aromatic heterocycles. The normalized spacial score (nSPS) is 10.3. The fraction of sp³-hybridized carbons (Fsp3) is 0.333. The van der Waals surface area contributed by atoms with Crippen LogP contribution in [0.3, 0.4) is 0 Å². The van der Waals surface area contributed by atoms with E-state index in [1.165, 1.54) is 17.5 Å². The highest BCUT2D eigenvalue weighted by atomic mass is 32.2. The van der Waals surface area contributed by atoms with Gasteiger partial charge in [-0.2, -0.15) is 0 Å². The third-order valence-corrected chi connectivity index (χ3v) is 3.92. The molecule has 1 aromatic carbocycles. The number of H-pyrrole nitrogens is 1. The maximum Gasteiger partial charge on any atom is 0.324 e. The van der Waals surface area contributed by atoms with Gasteiger partial charge in [0.2, 0.25) is 0 Å². The number of urea groups is 1. The summed E-state index contributed by atoms with van der Waals surface area (Å²) < 4.78 is 2.70. The molecule has 0 unspecified atom stereocenters. The summed E-state index contributed by atoms with van der Waals surface area (Å²) >= 11 is 1.38. The Bertz CT molecular complexity index is 587. The molecule has 2 aromatic rings. The topological polar surface area (TPSA) is 73.1 Å². The number of hydrogen-bond acceptors (Lipinski definition) is 4. The second-order valence-electron chi connectivity index (χ2n) is 4.82. The highest BCUT2D eigenvalue weighted by molar-refractivity contribution is 7.97. The number of carbonyl (C=O) groups is 1. The molecule has 0 spiro atoms. The van der Waals surface area contributed by atoms with Gasteiger partial charge in [-0.25, -0.2) is 9.78 Å². The van der Waals surface area contributed by atoms with Crippen LogP contribution in [-0.4, -0.2) is 42.4 Å². The molecule has 0 fully saturated rings. The number of hydrogen-bond donors (Lipinski definition) is 3. The average molecular weight is 319 g/mol. The van der Waals surface area contributed by atoms with Gasteiger partial charge in [0.1, 0.15) is 5.82 Å². The Morgan fingerprint density at radius 1 is 1.36 bits per heavy atom. The number of aromatic amines is 1. The minimum absolute atomic E-state index is 0.183. The minimum Gasteiger partial charge on any atom is -0.357 e. The molecule has 0 radical (unpaired) electrons. The zero-order valence-corrected chi connectivity index (χ0v) is 13.6. The molecule has 0 aliphatic carbocycles. The van der Waals surface area contributed by atoms with E-state index in [4.69, 9.17) is 0 Å². The van der Waals surface area contributed by atoms with Crippen molar-refractivity contribution < 1.29 is 4.79 Å². The van der Waals surface area contributed by atoms with Crippen molar-refractivity contribution in [1.29, 1.82) is 0 Å². The predicted octanol–water partition coefficient (Wildman–Crippen LogP) is 2.01. The number of nitrogens with one attached hydrogen (secondary N) is 3. The van der Waals surface area contributed by atoms with Crippen molar-refractivity contribution in [3.05, 3.63) is 47.9 Å². The molecule has 1 heterocycles. The van der Waals surface area contributed by atoms with Crippen molar-refractivity contribution in [1.82, 2.24) is 20.0 Å². The number of imidazole rings is 1. The first kappa shape index (κ1) is 16.2. The van der Waals surface area contributed by atoms with Gasteiger partial charge >= 0.3 is 6.03 Å². The third kappa shape index (κ3) is 4.70. The van der Waals surface area contributed by atoms with Crippen LogP contribution >= 0.6 is 11.9 Å². The van der Waals surface area contributed by atoms with Crippen LogP contribution in [0.5, 0.6) is 0 Å². The maximum atomic E-state index is 11.1. The Kier molecular flexibility index (Phi) is 6.14. The van der Waals surface area contributed by atoms with Crippen molar-refractivity contribution in [2.24, 2.45) is 0 Å². The van der Waals surface area contributed by atoms with E-state index in [1.54, 1.807) is 13.4 Å². The molecule has 0 saturated heterocycles. The summed E-state index contributed by atoms with van der Waals surface area (Å²) in [6, 6.07) is 10.1. The Balaban J connectivity index is 1.87. The molecule has 0 bridgehead atoms. The fourth-order valence-electron chi connectivity index (χ4n) is 2.03. The standard InChI is InChI=1S/C15H21N5OS/c1-16-15(21)19-22-9-8-20(2)14-13(17-11-18-14)10-12-6-4-3-5-7-12/h3-7,11H,8-10H2,1-2H3,(H,17,18)(H2,16,19,21). The Hall–Kier alpha value is -2.15. The number of aromatic nitrogens is 2. The molecule has 22 heavy (non-hydrogen) atoms. The molecule has 3 N–H and O–H groups in total. The molecular weight excluding hydrogens is 298 g/mol. The summed E-state index contributed by atoms with van der Waals surface area (Å²) in [5.41, 5.74) is 2.34. The van der Waals surface area contributed by atoms with Crippen LogP contribution in [0.4, 0.5) is 10.6 Å². The second kappa shape index (κ2) is 8.33. The Morgan fingerprint density at radius 2 is 2.14 bits per heavy atom. The van der Waals surface area contributed by atoms with Crippen LogP contribution in [0, 0.1) is 0 Å². The molecular formula is C15H21N5OS. The van der Waals surface area contributed by atoms with Gasteiger partial charge in [-0.3, -0.25) is 4.72 Å². The predicted molar refractivity (Wildman–Crippen MR) is 91.2 cm³/mol. The van der Waals surface area contributed by atoms with E-state index in [1.807, 2.05) is 25.2 Å². The summed E-state index contributed by atoms with van der Waals surface area (Å²) in [4.78, 5) is 20.8. The van der Waals surface area contributed by atoms with Crippen LogP contribution in [0.2, 0.25) is 0 Å². The van der Waals surface area contributed by atoms with Crippen LogP contribution in [-0.2, 0) is 6.42 Å². The van der Waals surface area contributed by atoms with Gasteiger partial charge in [0.05, 0.1) is 12.0 Å². The van der Waals surface area contributed by atoms with Gasteiger partial charge in [0.15, 0.2) is 0 Å². The van der Waals surface area contributed by atoms with E-state index < -0.39 is 0 Å². The van der Waals surface area contributed by atoms with Gasteiger partial charge in [0, 0.05) is 32.8 Å². The van der Waals surface area contributed by atoms with Gasteiger partial charge in [0.25, 0.3) is 0 Å². The molecule has 0 atom stereocenters. The van der Waals surface area contributed by atoms with Gasteiger partial charge in [-0.05, 0) is 17.5 Å². The first-order valence-electron chi connectivity index (χ1n) is 7.07. The highest BCUT2D eigenvalue weighted by Crippen LogP contribution is 2.18. The SMILES string of the molecule is CNC(=O)NSCCN(C)c1nc[nH]c1Cc1ccccc1. The van der Waals surface area contributed by atoms with Gasteiger partial charge in [-0.15, -0.1) is 0 Å². The lowest BCUT2D eigenvalue weighted by Crippen LogP contribution is -2.29. The number of carbonyl (C=O) groups excluding carboxylic acids is 1. The van der Waals surface area contributed by atoms with Crippen LogP contribution in [0.25, 0.3) is 0 Å². The lowest BCUT2D eigenvalue weighted by Gasteiger charge is -2.18. The lowest BCUT2D eigenvalue weighted by atomic mass is 10.1. The molecule has 0 saturated carbocycles. The van der Waals surface area contributed by atoms with Crippen molar-refractivity contribution in [3.8, 4) is 0 Å². The zero-order valence-electron chi connectivity index (χ0n) is 12.8. The smallest absolute Gasteiger partial charge is 0.324 e. The number of rotatable bonds is 7. The lowest BCUT2D eigenvalue weighted by molar-refractivity contribution is 0.248. The Morgan fingerprint density at radius 3 is 2.86 bits per heavy atom. The molecule has 118 valence electrons. The van der Waals surface area contributed by atoms with E-state index in [0.29, 0.717) is 0 Å². The van der Waals surface area contributed by atoms with Crippen LogP contribution < -0.4 is 14.9 Å². The van der Waals surface area contributed by atoms with Crippen molar-refractivity contribution in [2.45, 2.75) is 6.42 Å². The molecule has 0 aliphatic heterocycles. The number of benzene rings is 1. The summed E-state index contributed by atoms with van der Waals surface area (Å²) in [7, 11) is 3.60. The summed E-state index contributed by atoms with van der Waals surface area (Å²) in [5.74, 6) is 1.73. The van der Waals surface area contributed by atoms with E-state index in [2.05, 4.69) is 37.0 Å². The van der Waals surface area contributed by atoms with Crippen LogP contribution in [0.15, 0.2) is 36.7 Å². The van der Waals surface area contributed by atoms with E-state index in [-0.39, 0.29) is 6.03 Å². The summed E-state index contributed by atoms with van der Waals surface area (Å²) in [5, 5.41) is 2.52. The maximum absolute atomic E-state index is 11.1. The zero-order chi connectivity index (χ0) is 15.8. The minimum atomic E-state index is -0.183. The van der Waals surface area contributed by atoms with Gasteiger partial charge in [-0.1, -0.05) is 30.3 Å². The first-order chi connectivity index (χ1) is 10.7. The van der Waals surface area contributed by atoms with Crippen molar-refractivity contribution >= 4 is 23.8 Å². The fourth-order valence-corrected chi connectivity index (χ4v) is 2.73. The summed E-state index contributed by atoms with van der Waals surface area (Å²) in [6.45, 7) is 0.793. The van der Waals surface area contributed by atoms with Gasteiger partial charge < -0.3 is 15.2 Å². The Labute approximate surface area is 134 Å². The average Bonchev–Trinajstić information content (AvgIpc) is 3.00. The number of anilines is 1. The number of amides is 2. The molecule has 7 heteroatoms. The first-order valence-corrected chi connectivity index (χ1v) is 8.06. The molecule has 2 amide bonds. The van der Waals surface area contributed by atoms with E-state index in [0.717, 1.165) is 30.2 Å². The molecule has 6 nitrogen and oxygen atoms in total. The van der Waals surface area contributed by atoms with Crippen molar-refractivity contribution in [2.75, 3.05) is 31.3 Å². The molecule has 0 aliphatic rings. The third-order valence-electron chi connectivity index (χ3n) is 3.20. The van der Waals surface area contributed by atoms with E-state index >= 15 is 0 Å². The highest BCUT2D eigenvalue weighted by Gasteiger charge is 2.11. The summed E-state index contributed by atoms with van der Waals surface area (Å²) in [6.07, 6.45) is 2.55. The number of nitrogens with zero attached hydrogens (tertiary/aromatic N) is 2. The van der Waals surface area contributed by atoms with Crippen molar-refractivity contribution in [3.63, 3.8) is 0 Å². The quantitative estimate of drug-likeness (QED) is 0.539. The monoisotopic (exact) mass is 319 g/mol. The second-order valence-corrected chi connectivity index (χ2v) is 5.72. The van der Waals surface area contributed by atoms with Crippen LogP contribution in [0.1, 0.15) is 11.3 Å². The van der Waals surface area contributed by atoms with E-state index in [9.17, 15) is 4.79 Å². The molecule has 2 rings (SSSR count).